The van der Waals surface area contributed by atoms with Gasteiger partial charge in [-0.05, 0) is 42.5 Å². The maximum Gasteiger partial charge on any atom is 0.220 e. The molecule has 0 saturated heterocycles. The molecule has 120 valence electrons. The number of nitrogens with one attached hydrogen (secondary N) is 1. The Labute approximate surface area is 141 Å². The SMILES string of the molecule is O=C(C[C@H]1C=CCC1)NC[C@@H](c1ccc(Cl)cc1)n1cccn1. The number of halogens is 1. The van der Waals surface area contributed by atoms with Crippen LogP contribution in [0.15, 0.2) is 54.9 Å². The van der Waals surface area contributed by atoms with Gasteiger partial charge in [0.25, 0.3) is 0 Å². The van der Waals surface area contributed by atoms with Gasteiger partial charge in [0.1, 0.15) is 0 Å². The van der Waals surface area contributed by atoms with Crippen LogP contribution in [0.3, 0.4) is 0 Å². The highest BCUT2D eigenvalue weighted by molar-refractivity contribution is 6.30. The number of allylic oxidation sites excluding steroid dienone is 2. The van der Waals surface area contributed by atoms with Crippen molar-refractivity contribution >= 4 is 17.5 Å². The van der Waals surface area contributed by atoms with Crippen molar-refractivity contribution in [3.63, 3.8) is 0 Å². The van der Waals surface area contributed by atoms with Crippen molar-refractivity contribution in [3.8, 4) is 0 Å². The summed E-state index contributed by atoms with van der Waals surface area (Å²) in [5.41, 5.74) is 1.07. The van der Waals surface area contributed by atoms with Crippen molar-refractivity contribution in [2.75, 3.05) is 6.54 Å². The predicted octanol–water partition coefficient (Wildman–Crippen LogP) is 3.60. The molecule has 1 amide bonds. The summed E-state index contributed by atoms with van der Waals surface area (Å²) in [6.07, 6.45) is 10.7. The number of rotatable bonds is 6. The zero-order valence-electron chi connectivity index (χ0n) is 12.9. The van der Waals surface area contributed by atoms with E-state index in [1.165, 1.54) is 0 Å². The van der Waals surface area contributed by atoms with E-state index in [1.807, 2.05) is 41.2 Å². The molecule has 3 rings (SSSR count). The van der Waals surface area contributed by atoms with Gasteiger partial charge in [-0.15, -0.1) is 0 Å². The van der Waals surface area contributed by atoms with Gasteiger partial charge in [0.15, 0.2) is 0 Å². The summed E-state index contributed by atoms with van der Waals surface area (Å²) in [7, 11) is 0. The molecule has 0 spiro atoms. The molecule has 23 heavy (non-hydrogen) atoms. The van der Waals surface area contributed by atoms with Crippen LogP contribution < -0.4 is 5.32 Å². The maximum atomic E-state index is 12.2. The van der Waals surface area contributed by atoms with Gasteiger partial charge in [0.05, 0.1) is 6.04 Å². The van der Waals surface area contributed by atoms with Gasteiger partial charge in [-0.25, -0.2) is 0 Å². The first-order chi connectivity index (χ1) is 11.2. The number of aromatic nitrogens is 2. The van der Waals surface area contributed by atoms with Crippen molar-refractivity contribution in [2.24, 2.45) is 5.92 Å². The van der Waals surface area contributed by atoms with Crippen LogP contribution in [-0.4, -0.2) is 22.2 Å². The molecular formula is C18H20ClN3O. The normalized spacial score (nSPS) is 18.0. The Morgan fingerprint density at radius 1 is 1.39 bits per heavy atom. The van der Waals surface area contributed by atoms with Crippen molar-refractivity contribution in [3.05, 3.63) is 65.5 Å². The lowest BCUT2D eigenvalue weighted by molar-refractivity contribution is -0.121. The van der Waals surface area contributed by atoms with Crippen molar-refractivity contribution in [2.45, 2.75) is 25.3 Å². The van der Waals surface area contributed by atoms with Crippen molar-refractivity contribution < 1.29 is 4.79 Å². The average Bonchev–Trinajstić information content (AvgIpc) is 3.23. The second kappa shape index (κ2) is 7.47. The quantitative estimate of drug-likeness (QED) is 0.823. The molecule has 0 unspecified atom stereocenters. The van der Waals surface area contributed by atoms with E-state index in [2.05, 4.69) is 22.6 Å². The number of hydrogen-bond acceptors (Lipinski definition) is 2. The van der Waals surface area contributed by atoms with E-state index in [4.69, 9.17) is 11.6 Å². The highest BCUT2D eigenvalue weighted by Crippen LogP contribution is 2.21. The summed E-state index contributed by atoms with van der Waals surface area (Å²) < 4.78 is 1.86. The fourth-order valence-electron chi connectivity index (χ4n) is 2.90. The zero-order valence-corrected chi connectivity index (χ0v) is 13.6. The number of hydrogen-bond donors (Lipinski definition) is 1. The Balaban J connectivity index is 1.65. The molecule has 5 heteroatoms. The first kappa shape index (κ1) is 15.8. The minimum absolute atomic E-state index is 0.0367. The molecule has 1 aliphatic rings. The Bertz CT molecular complexity index is 664. The smallest absolute Gasteiger partial charge is 0.220 e. The third-order valence-electron chi connectivity index (χ3n) is 4.15. The molecule has 4 nitrogen and oxygen atoms in total. The van der Waals surface area contributed by atoms with Crippen molar-refractivity contribution in [1.29, 1.82) is 0 Å². The van der Waals surface area contributed by atoms with E-state index in [9.17, 15) is 4.79 Å². The first-order valence-corrected chi connectivity index (χ1v) is 8.28. The molecule has 1 heterocycles. The highest BCUT2D eigenvalue weighted by Gasteiger charge is 2.18. The number of carbonyl (C=O) groups excluding carboxylic acids is 1. The summed E-state index contributed by atoms with van der Waals surface area (Å²) in [5, 5.41) is 8.06. The Morgan fingerprint density at radius 2 is 2.22 bits per heavy atom. The molecule has 1 aromatic carbocycles. The molecular weight excluding hydrogens is 310 g/mol. The predicted molar refractivity (Wildman–Crippen MR) is 91.3 cm³/mol. The standard InChI is InChI=1S/C18H20ClN3O/c19-16-8-6-15(7-9-16)17(22-11-3-10-21-22)13-20-18(23)12-14-4-1-2-5-14/h1,3-4,6-11,14,17H,2,5,12-13H2,(H,20,23)/t14-,17-/m0/s1. The zero-order chi connectivity index (χ0) is 16.1. The molecule has 0 radical (unpaired) electrons. The third-order valence-corrected chi connectivity index (χ3v) is 4.40. The van der Waals surface area contributed by atoms with Crippen LogP contribution >= 0.6 is 11.6 Å². The summed E-state index contributed by atoms with van der Waals surface area (Å²) in [6, 6.07) is 9.51. The summed E-state index contributed by atoms with van der Waals surface area (Å²) in [5.74, 6) is 0.473. The van der Waals surface area contributed by atoms with Crippen LogP contribution in [0, 0.1) is 5.92 Å². The highest BCUT2D eigenvalue weighted by atomic mass is 35.5. The van der Waals surface area contributed by atoms with Gasteiger partial charge in [-0.2, -0.15) is 5.10 Å². The van der Waals surface area contributed by atoms with Crippen LogP contribution in [0.25, 0.3) is 0 Å². The molecule has 0 saturated carbocycles. The molecule has 0 bridgehead atoms. The van der Waals surface area contributed by atoms with Crippen LogP contribution in [0.5, 0.6) is 0 Å². The summed E-state index contributed by atoms with van der Waals surface area (Å²) >= 11 is 5.97. The van der Waals surface area contributed by atoms with E-state index in [0.717, 1.165) is 18.4 Å². The second-order valence-corrected chi connectivity index (χ2v) is 6.26. The monoisotopic (exact) mass is 329 g/mol. The molecule has 0 fully saturated rings. The summed E-state index contributed by atoms with van der Waals surface area (Å²) in [6.45, 7) is 0.512. The molecule has 1 N–H and O–H groups in total. The number of amides is 1. The lowest BCUT2D eigenvalue weighted by atomic mass is 10.0. The van der Waals surface area contributed by atoms with Gasteiger partial charge >= 0.3 is 0 Å². The molecule has 1 aromatic heterocycles. The Kier molecular flexibility index (Phi) is 5.13. The number of nitrogens with zero attached hydrogens (tertiary/aromatic N) is 2. The minimum atomic E-state index is -0.0367. The number of carbonyl (C=O) groups is 1. The van der Waals surface area contributed by atoms with Gasteiger partial charge in [0, 0.05) is 30.4 Å². The van der Waals surface area contributed by atoms with Gasteiger partial charge in [-0.1, -0.05) is 35.9 Å². The van der Waals surface area contributed by atoms with Gasteiger partial charge in [-0.3, -0.25) is 9.48 Å². The Morgan fingerprint density at radius 3 is 2.87 bits per heavy atom. The van der Waals surface area contributed by atoms with Crippen LogP contribution in [0.4, 0.5) is 0 Å². The molecule has 0 aliphatic heterocycles. The van der Waals surface area contributed by atoms with E-state index in [0.29, 0.717) is 23.9 Å². The van der Waals surface area contributed by atoms with Crippen LogP contribution in [0.1, 0.15) is 30.9 Å². The topological polar surface area (TPSA) is 46.9 Å². The van der Waals surface area contributed by atoms with E-state index in [1.54, 1.807) is 6.20 Å². The minimum Gasteiger partial charge on any atom is -0.354 e. The summed E-state index contributed by atoms with van der Waals surface area (Å²) in [4.78, 5) is 12.2. The van der Waals surface area contributed by atoms with Crippen LogP contribution in [0.2, 0.25) is 5.02 Å². The largest absolute Gasteiger partial charge is 0.354 e. The first-order valence-electron chi connectivity index (χ1n) is 7.90. The average molecular weight is 330 g/mol. The lowest BCUT2D eigenvalue weighted by Crippen LogP contribution is -2.32. The molecule has 2 aromatic rings. The lowest BCUT2D eigenvalue weighted by Gasteiger charge is -2.19. The van der Waals surface area contributed by atoms with E-state index >= 15 is 0 Å². The van der Waals surface area contributed by atoms with Gasteiger partial charge < -0.3 is 5.32 Å². The Hall–Kier alpha value is -2.07. The fraction of sp³-hybridized carbons (Fsp3) is 0.333. The fourth-order valence-corrected chi connectivity index (χ4v) is 3.03. The number of benzene rings is 1. The van der Waals surface area contributed by atoms with Crippen LogP contribution in [-0.2, 0) is 4.79 Å². The van der Waals surface area contributed by atoms with E-state index in [-0.39, 0.29) is 11.9 Å². The molecule has 2 atom stereocenters. The second-order valence-electron chi connectivity index (χ2n) is 5.83. The van der Waals surface area contributed by atoms with E-state index < -0.39 is 0 Å². The van der Waals surface area contributed by atoms with Gasteiger partial charge in [0.2, 0.25) is 5.91 Å². The maximum absolute atomic E-state index is 12.2. The third kappa shape index (κ3) is 4.23. The van der Waals surface area contributed by atoms with Crippen molar-refractivity contribution in [1.82, 2.24) is 15.1 Å². The molecule has 1 aliphatic carbocycles.